The number of hydrogen-bond acceptors (Lipinski definition) is 1. The first-order valence-corrected chi connectivity index (χ1v) is 3.77. The third kappa shape index (κ3) is 0.715. The molecule has 50 valence electrons. The Bertz CT molecular complexity index is 158. The predicted molar refractivity (Wildman–Crippen MR) is 36.1 cm³/mol. The maximum absolute atomic E-state index is 9.34. The third-order valence-corrected chi connectivity index (χ3v) is 2.50. The second-order valence-electron chi connectivity index (χ2n) is 3.04. The van der Waals surface area contributed by atoms with E-state index in [0.29, 0.717) is 0 Å². The van der Waals surface area contributed by atoms with E-state index in [2.05, 4.69) is 0 Å². The van der Waals surface area contributed by atoms with Crippen molar-refractivity contribution in [2.45, 2.75) is 38.2 Å². The van der Waals surface area contributed by atoms with Crippen LogP contribution in [-0.2, 0) is 0 Å². The quantitative estimate of drug-likeness (QED) is 0.486. The molecule has 0 radical (unpaired) electrons. The molecule has 1 atom stereocenters. The summed E-state index contributed by atoms with van der Waals surface area (Å²) < 4.78 is 0. The Labute approximate surface area is 55.4 Å². The van der Waals surface area contributed by atoms with E-state index >= 15 is 0 Å². The zero-order valence-corrected chi connectivity index (χ0v) is 5.56. The summed E-state index contributed by atoms with van der Waals surface area (Å²) in [5.74, 6) is 0. The summed E-state index contributed by atoms with van der Waals surface area (Å²) in [4.78, 5) is 0. The molecule has 0 heterocycles. The lowest BCUT2D eigenvalue weighted by molar-refractivity contribution is 0.208. The molecular weight excluding hydrogens is 112 g/mol. The number of aliphatic hydroxyl groups excluding tert-OH is 1. The molecule has 0 aromatic heterocycles. The zero-order chi connectivity index (χ0) is 6.27. The summed E-state index contributed by atoms with van der Waals surface area (Å²) >= 11 is 0. The van der Waals surface area contributed by atoms with Crippen molar-refractivity contribution >= 4 is 0 Å². The highest BCUT2D eigenvalue weighted by Crippen LogP contribution is 2.38. The third-order valence-electron chi connectivity index (χ3n) is 2.50. The van der Waals surface area contributed by atoms with E-state index in [1.807, 2.05) is 0 Å². The number of allylic oxidation sites excluding steroid dienone is 1. The van der Waals surface area contributed by atoms with Crippen LogP contribution in [0.4, 0.5) is 0 Å². The van der Waals surface area contributed by atoms with Gasteiger partial charge >= 0.3 is 0 Å². The number of aliphatic hydroxyl groups is 1. The summed E-state index contributed by atoms with van der Waals surface area (Å²) in [6.07, 6.45) is 5.87. The average molecular weight is 124 g/mol. The lowest BCUT2D eigenvalue weighted by Crippen LogP contribution is -2.02. The van der Waals surface area contributed by atoms with Crippen LogP contribution >= 0.6 is 0 Å². The minimum atomic E-state index is -0.0532. The van der Waals surface area contributed by atoms with Gasteiger partial charge in [0.25, 0.3) is 0 Å². The van der Waals surface area contributed by atoms with Crippen molar-refractivity contribution < 1.29 is 5.11 Å². The molecule has 2 aliphatic carbocycles. The minimum absolute atomic E-state index is 0.0532. The van der Waals surface area contributed by atoms with Crippen LogP contribution in [0.25, 0.3) is 0 Å². The standard InChI is InChI=1S/C8H12O/c9-8-5-4-6-2-1-3-7(6)8/h8-9H,1-5H2. The van der Waals surface area contributed by atoms with Crippen molar-refractivity contribution in [3.63, 3.8) is 0 Å². The Morgan fingerprint density at radius 2 is 2.11 bits per heavy atom. The topological polar surface area (TPSA) is 20.2 Å². The summed E-state index contributed by atoms with van der Waals surface area (Å²) in [5.41, 5.74) is 2.96. The van der Waals surface area contributed by atoms with Gasteiger partial charge in [-0.3, -0.25) is 0 Å². The van der Waals surface area contributed by atoms with Crippen molar-refractivity contribution in [3.05, 3.63) is 11.1 Å². The Kier molecular flexibility index (Phi) is 1.12. The fourth-order valence-electron chi connectivity index (χ4n) is 2.00. The molecule has 9 heavy (non-hydrogen) atoms. The monoisotopic (exact) mass is 124 g/mol. The summed E-state index contributed by atoms with van der Waals surface area (Å²) in [5, 5.41) is 9.34. The molecule has 0 aromatic carbocycles. The molecule has 0 amide bonds. The highest BCUT2D eigenvalue weighted by atomic mass is 16.3. The molecule has 0 aliphatic heterocycles. The fraction of sp³-hybridized carbons (Fsp3) is 0.750. The molecule has 2 aliphatic rings. The van der Waals surface area contributed by atoms with Gasteiger partial charge in [-0.15, -0.1) is 0 Å². The van der Waals surface area contributed by atoms with E-state index in [1.165, 1.54) is 31.3 Å². The lowest BCUT2D eigenvalue weighted by atomic mass is 10.1. The number of hydrogen-bond donors (Lipinski definition) is 1. The predicted octanol–water partition coefficient (Wildman–Crippen LogP) is 1.62. The normalized spacial score (nSPS) is 33.7. The highest BCUT2D eigenvalue weighted by Gasteiger charge is 2.26. The van der Waals surface area contributed by atoms with Gasteiger partial charge in [-0.25, -0.2) is 0 Å². The van der Waals surface area contributed by atoms with Crippen molar-refractivity contribution in [3.8, 4) is 0 Å². The van der Waals surface area contributed by atoms with Gasteiger partial charge in [0.15, 0.2) is 0 Å². The molecule has 0 saturated carbocycles. The Hall–Kier alpha value is -0.300. The molecule has 0 spiro atoms. The van der Waals surface area contributed by atoms with Gasteiger partial charge in [0.05, 0.1) is 6.10 Å². The van der Waals surface area contributed by atoms with Crippen molar-refractivity contribution in [1.82, 2.24) is 0 Å². The van der Waals surface area contributed by atoms with Crippen LogP contribution in [-0.4, -0.2) is 11.2 Å². The SMILES string of the molecule is OC1CCC2=C1CCC2. The molecule has 1 N–H and O–H groups in total. The molecule has 2 rings (SSSR count). The first-order valence-electron chi connectivity index (χ1n) is 3.77. The van der Waals surface area contributed by atoms with Gasteiger partial charge in [-0.05, 0) is 37.7 Å². The van der Waals surface area contributed by atoms with Crippen molar-refractivity contribution in [2.75, 3.05) is 0 Å². The van der Waals surface area contributed by atoms with Crippen LogP contribution in [0.5, 0.6) is 0 Å². The molecule has 0 saturated heterocycles. The van der Waals surface area contributed by atoms with Crippen LogP contribution in [0.1, 0.15) is 32.1 Å². The van der Waals surface area contributed by atoms with Gasteiger partial charge in [0.1, 0.15) is 0 Å². The minimum Gasteiger partial charge on any atom is -0.389 e. The molecule has 1 heteroatoms. The molecule has 1 unspecified atom stereocenters. The summed E-state index contributed by atoms with van der Waals surface area (Å²) in [6, 6.07) is 0. The fourth-order valence-corrected chi connectivity index (χ4v) is 2.00. The van der Waals surface area contributed by atoms with Gasteiger partial charge in [-0.2, -0.15) is 0 Å². The van der Waals surface area contributed by atoms with Crippen LogP contribution in [0, 0.1) is 0 Å². The lowest BCUT2D eigenvalue weighted by Gasteiger charge is -2.02. The average Bonchev–Trinajstić information content (AvgIpc) is 2.35. The van der Waals surface area contributed by atoms with Crippen LogP contribution < -0.4 is 0 Å². The molecule has 1 nitrogen and oxygen atoms in total. The Morgan fingerprint density at radius 3 is 2.89 bits per heavy atom. The maximum atomic E-state index is 9.34. The second-order valence-corrected chi connectivity index (χ2v) is 3.04. The Balaban J connectivity index is 2.24. The van der Waals surface area contributed by atoms with Crippen LogP contribution in [0.3, 0.4) is 0 Å². The smallest absolute Gasteiger partial charge is 0.0755 e. The maximum Gasteiger partial charge on any atom is 0.0755 e. The van der Waals surface area contributed by atoms with E-state index in [9.17, 15) is 5.11 Å². The second kappa shape index (κ2) is 1.84. The van der Waals surface area contributed by atoms with E-state index in [0.717, 1.165) is 6.42 Å². The van der Waals surface area contributed by atoms with Gasteiger partial charge < -0.3 is 5.11 Å². The van der Waals surface area contributed by atoms with E-state index in [1.54, 1.807) is 5.57 Å². The van der Waals surface area contributed by atoms with E-state index < -0.39 is 0 Å². The van der Waals surface area contributed by atoms with Gasteiger partial charge in [0, 0.05) is 0 Å². The first-order chi connectivity index (χ1) is 4.38. The Morgan fingerprint density at radius 1 is 1.22 bits per heavy atom. The van der Waals surface area contributed by atoms with Gasteiger partial charge in [-0.1, -0.05) is 5.57 Å². The summed E-state index contributed by atoms with van der Waals surface area (Å²) in [6.45, 7) is 0. The summed E-state index contributed by atoms with van der Waals surface area (Å²) in [7, 11) is 0. The van der Waals surface area contributed by atoms with Gasteiger partial charge in [0.2, 0.25) is 0 Å². The van der Waals surface area contributed by atoms with Crippen molar-refractivity contribution in [1.29, 1.82) is 0 Å². The molecular formula is C8H12O. The van der Waals surface area contributed by atoms with E-state index in [4.69, 9.17) is 0 Å². The zero-order valence-electron chi connectivity index (χ0n) is 5.56. The van der Waals surface area contributed by atoms with Crippen LogP contribution in [0.15, 0.2) is 11.1 Å². The molecule has 0 fully saturated rings. The first kappa shape index (κ1) is 5.48. The van der Waals surface area contributed by atoms with Crippen LogP contribution in [0.2, 0.25) is 0 Å². The molecule has 0 aromatic rings. The molecule has 0 bridgehead atoms. The van der Waals surface area contributed by atoms with E-state index in [-0.39, 0.29) is 6.10 Å². The highest BCUT2D eigenvalue weighted by molar-refractivity contribution is 5.27. The number of rotatable bonds is 0. The largest absolute Gasteiger partial charge is 0.389 e. The van der Waals surface area contributed by atoms with Crippen molar-refractivity contribution in [2.24, 2.45) is 0 Å².